The third-order valence-electron chi connectivity index (χ3n) is 3.21. The molecule has 0 radical (unpaired) electrons. The van der Waals surface area contributed by atoms with Crippen molar-refractivity contribution in [2.24, 2.45) is 16.8 Å². The van der Waals surface area contributed by atoms with E-state index >= 15 is 0 Å². The zero-order chi connectivity index (χ0) is 11.8. The fourth-order valence-electron chi connectivity index (χ4n) is 2.37. The van der Waals surface area contributed by atoms with Gasteiger partial charge in [-0.05, 0) is 18.1 Å². The molecule has 3 nitrogen and oxygen atoms in total. The Balaban J connectivity index is 2.07. The first-order chi connectivity index (χ1) is 8.24. The Labute approximate surface area is 100 Å². The summed E-state index contributed by atoms with van der Waals surface area (Å²) < 4.78 is 0. The third-order valence-corrected chi connectivity index (χ3v) is 3.21. The minimum Gasteiger partial charge on any atom is -0.356 e. The number of hydrogen-bond acceptors (Lipinski definition) is 3. The van der Waals surface area contributed by atoms with Crippen molar-refractivity contribution in [1.29, 1.82) is 0 Å². The monoisotopic (exact) mass is 226 g/mol. The van der Waals surface area contributed by atoms with Gasteiger partial charge in [0.2, 0.25) is 0 Å². The highest BCUT2D eigenvalue weighted by molar-refractivity contribution is 6.01. The van der Waals surface area contributed by atoms with Crippen LogP contribution in [-0.2, 0) is 4.79 Å². The van der Waals surface area contributed by atoms with E-state index in [4.69, 9.17) is 0 Å². The molecule has 1 heterocycles. The van der Waals surface area contributed by atoms with Crippen LogP contribution in [0.1, 0.15) is 13.3 Å². The Hall–Kier alpha value is -1.90. The topological polar surface area (TPSA) is 41.5 Å². The minimum atomic E-state index is -0.196. The molecule has 1 aliphatic heterocycles. The van der Waals surface area contributed by atoms with Crippen molar-refractivity contribution in [3.8, 4) is 0 Å². The summed E-state index contributed by atoms with van der Waals surface area (Å²) in [5.41, 5.74) is 2.84. The molecule has 0 amide bonds. The molecule has 3 rings (SSSR count). The quantitative estimate of drug-likeness (QED) is 0.739. The molecule has 0 fully saturated rings. The number of benzene rings is 1. The number of hydrogen-bond donors (Lipinski definition) is 1. The molecule has 1 N–H and O–H groups in total. The molecule has 0 saturated carbocycles. The predicted octanol–water partition coefficient (Wildman–Crippen LogP) is 2.92. The summed E-state index contributed by atoms with van der Waals surface area (Å²) in [5, 5.41) is 3.34. The van der Waals surface area contributed by atoms with E-state index in [1.54, 1.807) is 6.21 Å². The highest BCUT2D eigenvalue weighted by Crippen LogP contribution is 2.33. The molecule has 0 bridgehead atoms. The van der Waals surface area contributed by atoms with Crippen molar-refractivity contribution in [2.75, 3.05) is 5.32 Å². The Kier molecular flexibility index (Phi) is 2.32. The van der Waals surface area contributed by atoms with Gasteiger partial charge in [-0.15, -0.1) is 0 Å². The van der Waals surface area contributed by atoms with Crippen molar-refractivity contribution in [3.63, 3.8) is 0 Å². The number of ketones is 1. The fourth-order valence-corrected chi connectivity index (χ4v) is 2.37. The van der Waals surface area contributed by atoms with Crippen LogP contribution in [0.15, 0.2) is 41.0 Å². The van der Waals surface area contributed by atoms with Gasteiger partial charge in [0.05, 0.1) is 17.3 Å². The smallest absolute Gasteiger partial charge is 0.147 e. The summed E-state index contributed by atoms with van der Waals surface area (Å²) in [6, 6.07) is 7.85. The average molecular weight is 226 g/mol. The molecule has 0 saturated heterocycles. The van der Waals surface area contributed by atoms with E-state index in [9.17, 15) is 4.79 Å². The number of carbonyl (C=O) groups is 1. The van der Waals surface area contributed by atoms with Crippen molar-refractivity contribution in [3.05, 3.63) is 36.0 Å². The van der Waals surface area contributed by atoms with Crippen LogP contribution in [0.3, 0.4) is 0 Å². The number of para-hydroxylation sites is 2. The molecule has 0 unspecified atom stereocenters. The molecule has 3 heteroatoms. The largest absolute Gasteiger partial charge is 0.356 e. The number of aliphatic imine (C=N–C) groups is 1. The maximum Gasteiger partial charge on any atom is 0.147 e. The van der Waals surface area contributed by atoms with Crippen LogP contribution in [0.4, 0.5) is 11.4 Å². The Morgan fingerprint density at radius 3 is 3.06 bits per heavy atom. The van der Waals surface area contributed by atoms with Gasteiger partial charge in [-0.1, -0.05) is 25.1 Å². The van der Waals surface area contributed by atoms with Gasteiger partial charge in [0.25, 0.3) is 0 Å². The first kappa shape index (κ1) is 10.3. The Bertz CT molecular complexity index is 531. The highest BCUT2D eigenvalue weighted by Gasteiger charge is 2.29. The maximum absolute atomic E-state index is 12.0. The summed E-state index contributed by atoms with van der Waals surface area (Å²) in [5.74, 6) is 0.359. The van der Waals surface area contributed by atoms with Gasteiger partial charge in [0.1, 0.15) is 5.78 Å². The molecular weight excluding hydrogens is 212 g/mol. The van der Waals surface area contributed by atoms with Gasteiger partial charge >= 0.3 is 0 Å². The molecule has 2 atom stereocenters. The first-order valence-electron chi connectivity index (χ1n) is 5.89. The maximum atomic E-state index is 12.0. The van der Waals surface area contributed by atoms with Crippen molar-refractivity contribution in [1.82, 2.24) is 0 Å². The summed E-state index contributed by atoms with van der Waals surface area (Å²) in [6.07, 6.45) is 4.51. The van der Waals surface area contributed by atoms with Gasteiger partial charge in [-0.25, -0.2) is 0 Å². The van der Waals surface area contributed by atoms with Crippen LogP contribution in [-0.4, -0.2) is 12.0 Å². The van der Waals surface area contributed by atoms with Gasteiger partial charge in [0, 0.05) is 18.3 Å². The SMILES string of the molecule is C[C@@H]1C=C2Nc3ccccc3N=C[C@H]2C(=O)C1. The van der Waals surface area contributed by atoms with E-state index in [1.807, 2.05) is 24.3 Å². The second-order valence-corrected chi connectivity index (χ2v) is 4.67. The first-order valence-corrected chi connectivity index (χ1v) is 5.89. The number of fused-ring (bicyclic) bond motifs is 2. The van der Waals surface area contributed by atoms with Crippen LogP contribution < -0.4 is 5.32 Å². The number of allylic oxidation sites excluding steroid dienone is 2. The van der Waals surface area contributed by atoms with Crippen molar-refractivity contribution in [2.45, 2.75) is 13.3 Å². The predicted molar refractivity (Wildman–Crippen MR) is 68.6 cm³/mol. The lowest BCUT2D eigenvalue weighted by Gasteiger charge is -2.23. The molecule has 1 aromatic carbocycles. The van der Waals surface area contributed by atoms with Crippen LogP contribution in [0.25, 0.3) is 0 Å². The number of nitrogens with one attached hydrogen (secondary N) is 1. The highest BCUT2D eigenvalue weighted by atomic mass is 16.1. The summed E-state index contributed by atoms with van der Waals surface area (Å²) in [6.45, 7) is 2.07. The van der Waals surface area contributed by atoms with Crippen LogP contribution in [0.2, 0.25) is 0 Å². The minimum absolute atomic E-state index is 0.196. The number of carbonyl (C=O) groups excluding carboxylic acids is 1. The second kappa shape index (κ2) is 3.84. The molecule has 1 aromatic rings. The second-order valence-electron chi connectivity index (χ2n) is 4.67. The molecule has 0 spiro atoms. The summed E-state index contributed by atoms with van der Waals surface area (Å²) in [4.78, 5) is 16.4. The lowest BCUT2D eigenvalue weighted by molar-refractivity contribution is -0.120. The molecule has 1 aliphatic carbocycles. The van der Waals surface area contributed by atoms with Crippen molar-refractivity contribution < 1.29 is 4.79 Å². The zero-order valence-corrected chi connectivity index (χ0v) is 9.68. The van der Waals surface area contributed by atoms with E-state index in [1.165, 1.54) is 0 Å². The van der Waals surface area contributed by atoms with Crippen molar-refractivity contribution >= 4 is 23.4 Å². The summed E-state index contributed by atoms with van der Waals surface area (Å²) >= 11 is 0. The van der Waals surface area contributed by atoms with Crippen LogP contribution in [0, 0.1) is 11.8 Å². The lowest BCUT2D eigenvalue weighted by Crippen LogP contribution is -2.27. The van der Waals surface area contributed by atoms with E-state index in [0.717, 1.165) is 17.1 Å². The Morgan fingerprint density at radius 1 is 1.35 bits per heavy atom. The van der Waals surface area contributed by atoms with Gasteiger partial charge in [-0.3, -0.25) is 9.79 Å². The normalized spacial score (nSPS) is 26.4. The number of rotatable bonds is 0. The third kappa shape index (κ3) is 1.78. The number of Topliss-reactive ketones (excluding diaryl/α,β-unsaturated/α-hetero) is 1. The van der Waals surface area contributed by atoms with Gasteiger partial charge in [-0.2, -0.15) is 0 Å². The van der Waals surface area contributed by atoms with E-state index in [2.05, 4.69) is 23.3 Å². The molecule has 0 aromatic heterocycles. The fraction of sp³-hybridized carbons (Fsp3) is 0.286. The molecule has 2 aliphatic rings. The van der Waals surface area contributed by atoms with E-state index in [0.29, 0.717) is 12.3 Å². The number of nitrogens with zero attached hydrogens (tertiary/aromatic N) is 1. The van der Waals surface area contributed by atoms with Gasteiger partial charge in [0.15, 0.2) is 0 Å². The van der Waals surface area contributed by atoms with Crippen LogP contribution >= 0.6 is 0 Å². The molecule has 17 heavy (non-hydrogen) atoms. The lowest BCUT2D eigenvalue weighted by atomic mass is 9.86. The Morgan fingerprint density at radius 2 is 2.18 bits per heavy atom. The molecular formula is C14H14N2O. The van der Waals surface area contributed by atoms with E-state index in [-0.39, 0.29) is 11.7 Å². The van der Waals surface area contributed by atoms with Crippen LogP contribution in [0.5, 0.6) is 0 Å². The number of anilines is 1. The average Bonchev–Trinajstić information content (AvgIpc) is 2.47. The molecule has 86 valence electrons. The van der Waals surface area contributed by atoms with E-state index < -0.39 is 0 Å². The summed E-state index contributed by atoms with van der Waals surface area (Å²) in [7, 11) is 0. The van der Waals surface area contributed by atoms with Gasteiger partial charge < -0.3 is 5.32 Å². The zero-order valence-electron chi connectivity index (χ0n) is 9.68. The standard InChI is InChI=1S/C14H14N2O/c1-9-6-13-10(14(17)7-9)8-15-11-4-2-3-5-12(11)16-13/h2-6,8-10,16H,7H2,1H3/t9-,10-/m1/s1.